The normalized spacial score (nSPS) is 14.2. The molecule has 0 amide bonds. The average molecular weight is 287 g/mol. The van der Waals surface area contributed by atoms with Crippen LogP contribution in [-0.4, -0.2) is 22.8 Å². The van der Waals surface area contributed by atoms with Gasteiger partial charge in [-0.3, -0.25) is 9.78 Å². The Balaban J connectivity index is 1.81. The lowest BCUT2D eigenvalue weighted by Crippen LogP contribution is -2.17. The van der Waals surface area contributed by atoms with Gasteiger partial charge in [0.05, 0.1) is 22.8 Å². The molecule has 3 rings (SSSR count). The van der Waals surface area contributed by atoms with E-state index in [0.717, 1.165) is 39.9 Å². The molecule has 104 valence electrons. The minimum absolute atomic E-state index is 0.247. The number of thiazole rings is 1. The zero-order valence-corrected chi connectivity index (χ0v) is 12.5. The van der Waals surface area contributed by atoms with Gasteiger partial charge in [-0.2, -0.15) is 0 Å². The van der Waals surface area contributed by atoms with Crippen molar-refractivity contribution >= 4 is 22.3 Å². The number of pyridine rings is 1. The molecule has 0 spiro atoms. The fourth-order valence-electron chi connectivity index (χ4n) is 2.42. The lowest BCUT2D eigenvalue weighted by atomic mass is 10.0. The Labute approximate surface area is 122 Å². The summed E-state index contributed by atoms with van der Waals surface area (Å²) in [6.45, 7) is 2.70. The molecular formula is C15H17N3OS. The van der Waals surface area contributed by atoms with Crippen LogP contribution in [0.3, 0.4) is 0 Å². The number of anilines is 1. The van der Waals surface area contributed by atoms with Crippen LogP contribution in [0, 0.1) is 6.92 Å². The molecule has 2 aromatic heterocycles. The van der Waals surface area contributed by atoms with E-state index in [1.165, 1.54) is 11.3 Å². The molecule has 0 N–H and O–H groups in total. The van der Waals surface area contributed by atoms with Gasteiger partial charge < -0.3 is 4.90 Å². The van der Waals surface area contributed by atoms with Crippen LogP contribution < -0.4 is 4.90 Å². The minimum Gasteiger partial charge on any atom is -0.345 e. The summed E-state index contributed by atoms with van der Waals surface area (Å²) in [5, 5.41) is 0.911. The molecule has 0 atom stereocenters. The SMILES string of the molecule is Cc1cccc(CN(C)c2nc3c(s2)C(=O)CCC3)n1. The highest BCUT2D eigenvalue weighted by molar-refractivity contribution is 7.17. The van der Waals surface area contributed by atoms with Crippen LogP contribution in [0.4, 0.5) is 5.13 Å². The second-order valence-corrected chi connectivity index (χ2v) is 6.15. The largest absolute Gasteiger partial charge is 0.345 e. The second kappa shape index (κ2) is 5.32. The Hall–Kier alpha value is -1.75. The number of hydrogen-bond donors (Lipinski definition) is 0. The first-order valence-corrected chi connectivity index (χ1v) is 7.62. The Morgan fingerprint density at radius 1 is 1.30 bits per heavy atom. The first-order valence-electron chi connectivity index (χ1n) is 6.80. The van der Waals surface area contributed by atoms with E-state index in [0.29, 0.717) is 13.0 Å². The van der Waals surface area contributed by atoms with Crippen molar-refractivity contribution in [1.29, 1.82) is 0 Å². The lowest BCUT2D eigenvalue weighted by Gasteiger charge is -2.15. The average Bonchev–Trinajstić information content (AvgIpc) is 2.84. The van der Waals surface area contributed by atoms with Crippen molar-refractivity contribution in [2.24, 2.45) is 0 Å². The first kappa shape index (κ1) is 13.2. The van der Waals surface area contributed by atoms with Crippen LogP contribution in [-0.2, 0) is 13.0 Å². The van der Waals surface area contributed by atoms with Crippen molar-refractivity contribution < 1.29 is 4.79 Å². The first-order chi connectivity index (χ1) is 9.63. The van der Waals surface area contributed by atoms with Crippen LogP contribution in [0.2, 0.25) is 0 Å². The molecule has 0 aliphatic heterocycles. The van der Waals surface area contributed by atoms with E-state index < -0.39 is 0 Å². The number of aromatic nitrogens is 2. The maximum absolute atomic E-state index is 11.9. The molecule has 0 aromatic carbocycles. The van der Waals surface area contributed by atoms with Crippen molar-refractivity contribution in [2.45, 2.75) is 32.7 Å². The van der Waals surface area contributed by atoms with E-state index in [1.807, 2.05) is 32.2 Å². The molecule has 1 aliphatic rings. The number of rotatable bonds is 3. The number of carbonyl (C=O) groups is 1. The van der Waals surface area contributed by atoms with E-state index in [2.05, 4.69) is 14.9 Å². The monoisotopic (exact) mass is 287 g/mol. The van der Waals surface area contributed by atoms with Crippen LogP contribution in [0.15, 0.2) is 18.2 Å². The van der Waals surface area contributed by atoms with Crippen molar-refractivity contribution in [3.05, 3.63) is 40.2 Å². The topological polar surface area (TPSA) is 46.1 Å². The molecule has 2 aromatic rings. The maximum Gasteiger partial charge on any atom is 0.186 e. The molecule has 0 saturated carbocycles. The zero-order valence-electron chi connectivity index (χ0n) is 11.7. The molecule has 5 heteroatoms. The molecule has 0 radical (unpaired) electrons. The molecular weight excluding hydrogens is 270 g/mol. The lowest BCUT2D eigenvalue weighted by molar-refractivity contribution is 0.0976. The predicted molar refractivity (Wildman–Crippen MR) is 80.5 cm³/mol. The molecule has 20 heavy (non-hydrogen) atoms. The molecule has 0 saturated heterocycles. The molecule has 4 nitrogen and oxygen atoms in total. The Bertz CT molecular complexity index is 650. The number of hydrogen-bond acceptors (Lipinski definition) is 5. The van der Waals surface area contributed by atoms with Gasteiger partial charge in [0.2, 0.25) is 0 Å². The van der Waals surface area contributed by atoms with Crippen LogP contribution >= 0.6 is 11.3 Å². The minimum atomic E-state index is 0.247. The van der Waals surface area contributed by atoms with Gasteiger partial charge in [-0.25, -0.2) is 4.98 Å². The van der Waals surface area contributed by atoms with E-state index in [4.69, 9.17) is 0 Å². The summed E-state index contributed by atoms with van der Waals surface area (Å²) < 4.78 is 0. The van der Waals surface area contributed by atoms with Gasteiger partial charge in [0.1, 0.15) is 0 Å². The summed E-state index contributed by atoms with van der Waals surface area (Å²) in [7, 11) is 2.00. The fraction of sp³-hybridized carbons (Fsp3) is 0.400. The Morgan fingerprint density at radius 3 is 2.90 bits per heavy atom. The Kier molecular flexibility index (Phi) is 3.53. The fourth-order valence-corrected chi connectivity index (χ4v) is 3.46. The van der Waals surface area contributed by atoms with Gasteiger partial charge >= 0.3 is 0 Å². The summed E-state index contributed by atoms with van der Waals surface area (Å²) in [6, 6.07) is 6.02. The molecule has 0 bridgehead atoms. The van der Waals surface area contributed by atoms with Crippen LogP contribution in [0.25, 0.3) is 0 Å². The smallest absolute Gasteiger partial charge is 0.186 e. The highest BCUT2D eigenvalue weighted by atomic mass is 32.1. The van der Waals surface area contributed by atoms with Gasteiger partial charge in [-0.15, -0.1) is 0 Å². The number of Topliss-reactive ketones (excluding diaryl/α,β-unsaturated/α-hetero) is 1. The number of aryl methyl sites for hydroxylation is 2. The van der Waals surface area contributed by atoms with Crippen LogP contribution in [0.5, 0.6) is 0 Å². The molecule has 2 heterocycles. The predicted octanol–water partition coefficient (Wildman–Crippen LogP) is 3.00. The summed E-state index contributed by atoms with van der Waals surface area (Å²) in [5.41, 5.74) is 3.02. The molecule has 1 aliphatic carbocycles. The third-order valence-electron chi connectivity index (χ3n) is 3.43. The van der Waals surface area contributed by atoms with E-state index in [9.17, 15) is 4.79 Å². The van der Waals surface area contributed by atoms with Gasteiger partial charge in [-0.1, -0.05) is 17.4 Å². The number of carbonyl (C=O) groups excluding carboxylic acids is 1. The van der Waals surface area contributed by atoms with Crippen molar-refractivity contribution in [3.8, 4) is 0 Å². The Morgan fingerprint density at radius 2 is 2.15 bits per heavy atom. The number of ketones is 1. The van der Waals surface area contributed by atoms with E-state index in [1.54, 1.807) is 0 Å². The third-order valence-corrected chi connectivity index (χ3v) is 4.68. The molecule has 0 fully saturated rings. The highest BCUT2D eigenvalue weighted by Crippen LogP contribution is 2.31. The maximum atomic E-state index is 11.9. The quantitative estimate of drug-likeness (QED) is 0.870. The summed E-state index contributed by atoms with van der Waals surface area (Å²) in [4.78, 5) is 23.9. The van der Waals surface area contributed by atoms with Gasteiger partial charge in [0, 0.05) is 19.2 Å². The van der Waals surface area contributed by atoms with E-state index in [-0.39, 0.29) is 5.78 Å². The summed E-state index contributed by atoms with van der Waals surface area (Å²) in [5.74, 6) is 0.247. The number of nitrogens with zero attached hydrogens (tertiary/aromatic N) is 3. The van der Waals surface area contributed by atoms with Gasteiger partial charge in [0.15, 0.2) is 10.9 Å². The van der Waals surface area contributed by atoms with Crippen molar-refractivity contribution in [2.75, 3.05) is 11.9 Å². The number of fused-ring (bicyclic) bond motifs is 1. The van der Waals surface area contributed by atoms with Crippen LogP contribution in [0.1, 0.15) is 39.6 Å². The third kappa shape index (κ3) is 2.58. The summed E-state index contributed by atoms with van der Waals surface area (Å²) >= 11 is 1.51. The van der Waals surface area contributed by atoms with Gasteiger partial charge in [0.25, 0.3) is 0 Å². The van der Waals surface area contributed by atoms with E-state index >= 15 is 0 Å². The van der Waals surface area contributed by atoms with Crippen molar-refractivity contribution in [3.63, 3.8) is 0 Å². The van der Waals surface area contributed by atoms with Gasteiger partial charge in [-0.05, 0) is 31.9 Å². The standard InChI is InChI=1S/C15H17N3OS/c1-10-5-3-6-11(16-10)9-18(2)15-17-12-7-4-8-13(19)14(12)20-15/h3,5-6H,4,7-9H2,1-2H3. The summed E-state index contributed by atoms with van der Waals surface area (Å²) in [6.07, 6.45) is 2.52. The second-order valence-electron chi connectivity index (χ2n) is 5.18. The highest BCUT2D eigenvalue weighted by Gasteiger charge is 2.23. The zero-order chi connectivity index (χ0) is 14.1. The molecule has 0 unspecified atom stereocenters. The van der Waals surface area contributed by atoms with Crippen molar-refractivity contribution in [1.82, 2.24) is 9.97 Å².